The van der Waals surface area contributed by atoms with E-state index in [1.807, 2.05) is 11.9 Å². The molecule has 2 saturated carbocycles. The molecule has 0 aromatic heterocycles. The summed E-state index contributed by atoms with van der Waals surface area (Å²) in [5, 5.41) is 0. The summed E-state index contributed by atoms with van der Waals surface area (Å²) in [4.78, 5) is 13.0. The Morgan fingerprint density at radius 2 is 1.93 bits per heavy atom. The molecule has 15 heavy (non-hydrogen) atoms. The Morgan fingerprint density at radius 3 is 2.40 bits per heavy atom. The molecule has 2 rings (SSSR count). The van der Waals surface area contributed by atoms with E-state index >= 15 is 0 Å². The second-order valence-electron chi connectivity index (χ2n) is 5.60. The van der Waals surface area contributed by atoms with Crippen LogP contribution in [0.4, 0.5) is 0 Å². The summed E-state index contributed by atoms with van der Waals surface area (Å²) in [6.45, 7) is 2.24. The number of hydrogen-bond acceptors (Lipinski definition) is 1. The van der Waals surface area contributed by atoms with Gasteiger partial charge in [-0.3, -0.25) is 4.79 Å². The number of amides is 1. The third-order valence-corrected chi connectivity index (χ3v) is 4.79. The summed E-state index contributed by atoms with van der Waals surface area (Å²) in [5.74, 6) is 1.78. The molecule has 0 radical (unpaired) electrons. The molecule has 0 heterocycles. The zero-order chi connectivity index (χ0) is 10.9. The van der Waals surface area contributed by atoms with Crippen molar-refractivity contribution in [2.75, 3.05) is 7.05 Å². The third kappa shape index (κ3) is 1.91. The van der Waals surface area contributed by atoms with Crippen LogP contribution in [0.2, 0.25) is 0 Å². The van der Waals surface area contributed by atoms with Gasteiger partial charge in [0, 0.05) is 12.6 Å². The van der Waals surface area contributed by atoms with Gasteiger partial charge in [0.05, 0.1) is 0 Å². The van der Waals surface area contributed by atoms with E-state index in [1.54, 1.807) is 0 Å². The minimum absolute atomic E-state index is 0.190. The highest BCUT2D eigenvalue weighted by molar-refractivity contribution is 5.48. The van der Waals surface area contributed by atoms with Crippen LogP contribution in [-0.2, 0) is 4.79 Å². The number of rotatable bonds is 3. The Morgan fingerprint density at radius 1 is 1.33 bits per heavy atom. The van der Waals surface area contributed by atoms with Crippen molar-refractivity contribution in [3.8, 4) is 0 Å². The quantitative estimate of drug-likeness (QED) is 0.654. The fourth-order valence-electron chi connectivity index (χ4n) is 3.87. The van der Waals surface area contributed by atoms with Gasteiger partial charge in [0.25, 0.3) is 0 Å². The van der Waals surface area contributed by atoms with E-state index in [4.69, 9.17) is 0 Å². The van der Waals surface area contributed by atoms with E-state index in [2.05, 4.69) is 6.92 Å². The van der Waals surface area contributed by atoms with E-state index in [1.165, 1.54) is 38.5 Å². The second-order valence-corrected chi connectivity index (χ2v) is 5.60. The van der Waals surface area contributed by atoms with Gasteiger partial charge in [0.2, 0.25) is 6.41 Å². The molecule has 2 aliphatic carbocycles. The highest BCUT2D eigenvalue weighted by Crippen LogP contribution is 2.47. The van der Waals surface area contributed by atoms with Gasteiger partial charge in [-0.2, -0.15) is 0 Å². The van der Waals surface area contributed by atoms with Crippen molar-refractivity contribution in [2.24, 2.45) is 11.8 Å². The third-order valence-electron chi connectivity index (χ3n) is 4.79. The Kier molecular flexibility index (Phi) is 3.03. The number of hydrogen-bond donors (Lipinski definition) is 0. The lowest BCUT2D eigenvalue weighted by Crippen LogP contribution is -2.51. The van der Waals surface area contributed by atoms with Crippen molar-refractivity contribution in [2.45, 2.75) is 57.4 Å². The molecule has 2 unspecified atom stereocenters. The van der Waals surface area contributed by atoms with Crippen molar-refractivity contribution >= 4 is 6.41 Å². The molecule has 2 heteroatoms. The van der Waals surface area contributed by atoms with E-state index in [-0.39, 0.29) is 5.54 Å². The molecule has 2 nitrogen and oxygen atoms in total. The lowest BCUT2D eigenvalue weighted by atomic mass is 9.63. The maximum Gasteiger partial charge on any atom is 0.209 e. The van der Waals surface area contributed by atoms with E-state index in [0.29, 0.717) is 0 Å². The Balaban J connectivity index is 2.15. The molecule has 0 spiro atoms. The molecule has 0 aromatic carbocycles. The summed E-state index contributed by atoms with van der Waals surface area (Å²) in [6.07, 6.45) is 10.3. The zero-order valence-corrected chi connectivity index (χ0v) is 10.0. The highest BCUT2D eigenvalue weighted by atomic mass is 16.1. The molecule has 0 N–H and O–H groups in total. The van der Waals surface area contributed by atoms with Crippen LogP contribution in [0.15, 0.2) is 0 Å². The van der Waals surface area contributed by atoms with Crippen molar-refractivity contribution in [1.82, 2.24) is 4.90 Å². The van der Waals surface area contributed by atoms with Gasteiger partial charge in [-0.1, -0.05) is 26.2 Å². The van der Waals surface area contributed by atoms with Gasteiger partial charge in [-0.15, -0.1) is 0 Å². The van der Waals surface area contributed by atoms with Crippen molar-refractivity contribution in [3.63, 3.8) is 0 Å². The number of nitrogens with zero attached hydrogens (tertiary/aromatic N) is 1. The Labute approximate surface area is 93.0 Å². The summed E-state index contributed by atoms with van der Waals surface area (Å²) in [5.41, 5.74) is 0.190. The molecule has 1 amide bonds. The zero-order valence-electron chi connectivity index (χ0n) is 10.0. The molecule has 0 aromatic rings. The summed E-state index contributed by atoms with van der Waals surface area (Å²) in [6, 6.07) is 0. The van der Waals surface area contributed by atoms with Crippen LogP contribution in [0, 0.1) is 11.8 Å². The maximum atomic E-state index is 11.0. The average Bonchev–Trinajstić information content (AvgIpc) is 2.27. The molecule has 86 valence electrons. The number of fused-ring (bicyclic) bond motifs is 2. The van der Waals surface area contributed by atoms with Gasteiger partial charge in [0.15, 0.2) is 0 Å². The van der Waals surface area contributed by atoms with E-state index in [0.717, 1.165) is 24.7 Å². The van der Waals surface area contributed by atoms with E-state index < -0.39 is 0 Å². The molecular formula is C13H23NO. The van der Waals surface area contributed by atoms with Crippen LogP contribution in [0.25, 0.3) is 0 Å². The summed E-state index contributed by atoms with van der Waals surface area (Å²) in [7, 11) is 1.97. The summed E-state index contributed by atoms with van der Waals surface area (Å²) < 4.78 is 0. The van der Waals surface area contributed by atoms with Crippen LogP contribution in [0.3, 0.4) is 0 Å². The molecule has 2 fully saturated rings. The van der Waals surface area contributed by atoms with Gasteiger partial charge >= 0.3 is 0 Å². The van der Waals surface area contributed by atoms with Gasteiger partial charge in [-0.05, 0) is 37.5 Å². The normalized spacial score (nSPS) is 39.9. The standard InChI is InChI=1S/C13H23NO/c1-3-13(14(2)10-15)8-11-5-4-6-12(7-11)9-13/h10-12H,3-9H2,1-2H3. The van der Waals surface area contributed by atoms with Crippen molar-refractivity contribution in [3.05, 3.63) is 0 Å². The van der Waals surface area contributed by atoms with Gasteiger partial charge in [-0.25, -0.2) is 0 Å². The topological polar surface area (TPSA) is 20.3 Å². The van der Waals surface area contributed by atoms with Crippen LogP contribution >= 0.6 is 0 Å². The Hall–Kier alpha value is -0.530. The summed E-state index contributed by atoms with van der Waals surface area (Å²) >= 11 is 0. The molecule has 2 aliphatic rings. The minimum Gasteiger partial charge on any atom is -0.343 e. The maximum absolute atomic E-state index is 11.0. The first-order chi connectivity index (χ1) is 7.20. The van der Waals surface area contributed by atoms with Crippen LogP contribution in [-0.4, -0.2) is 23.9 Å². The molecule has 0 aliphatic heterocycles. The first-order valence-corrected chi connectivity index (χ1v) is 6.38. The number of carbonyl (C=O) groups is 1. The predicted octanol–water partition coefficient (Wildman–Crippen LogP) is 2.82. The predicted molar refractivity (Wildman–Crippen MR) is 61.5 cm³/mol. The molecule has 2 bridgehead atoms. The smallest absolute Gasteiger partial charge is 0.209 e. The van der Waals surface area contributed by atoms with Crippen LogP contribution < -0.4 is 0 Å². The number of carbonyl (C=O) groups excluding carboxylic acids is 1. The van der Waals surface area contributed by atoms with Gasteiger partial charge in [0.1, 0.15) is 0 Å². The van der Waals surface area contributed by atoms with Gasteiger partial charge < -0.3 is 4.90 Å². The molecular weight excluding hydrogens is 186 g/mol. The highest BCUT2D eigenvalue weighted by Gasteiger charge is 2.43. The SMILES string of the molecule is CCC1(N(C)C=O)CC2CCCC(C2)C1. The van der Waals surface area contributed by atoms with E-state index in [9.17, 15) is 4.79 Å². The lowest BCUT2D eigenvalue weighted by Gasteiger charge is -2.50. The second kappa shape index (κ2) is 4.15. The first kappa shape index (κ1) is 11.0. The average molecular weight is 209 g/mol. The van der Waals surface area contributed by atoms with Crippen LogP contribution in [0.1, 0.15) is 51.9 Å². The fraction of sp³-hybridized carbons (Fsp3) is 0.923. The Bertz CT molecular complexity index is 227. The monoisotopic (exact) mass is 209 g/mol. The molecule has 0 saturated heterocycles. The largest absolute Gasteiger partial charge is 0.343 e. The lowest BCUT2D eigenvalue weighted by molar-refractivity contribution is -0.125. The minimum atomic E-state index is 0.190. The molecule has 2 atom stereocenters. The fourth-order valence-corrected chi connectivity index (χ4v) is 3.87. The van der Waals surface area contributed by atoms with Crippen molar-refractivity contribution in [1.29, 1.82) is 0 Å². The van der Waals surface area contributed by atoms with Crippen LogP contribution in [0.5, 0.6) is 0 Å². The first-order valence-electron chi connectivity index (χ1n) is 6.38. The van der Waals surface area contributed by atoms with Crippen molar-refractivity contribution < 1.29 is 4.79 Å².